The summed E-state index contributed by atoms with van der Waals surface area (Å²) in [4.78, 5) is 16.6. The molecule has 1 aliphatic heterocycles. The molecule has 98 valence electrons. The van der Waals surface area contributed by atoms with Gasteiger partial charge in [0.2, 0.25) is 5.91 Å². The third kappa shape index (κ3) is 1.91. The number of fused-ring (bicyclic) bond motifs is 1. The lowest BCUT2D eigenvalue weighted by Gasteiger charge is -2.23. The van der Waals surface area contributed by atoms with Crippen LogP contribution in [-0.4, -0.2) is 20.7 Å². The van der Waals surface area contributed by atoms with Crippen molar-refractivity contribution in [2.75, 3.05) is 0 Å². The average Bonchev–Trinajstić information content (AvgIpc) is 2.76. The smallest absolute Gasteiger partial charge is 0.224 e. The minimum absolute atomic E-state index is 0.0452. The zero-order valence-electron chi connectivity index (χ0n) is 11.2. The number of nitrogens with one attached hydrogen (secondary N) is 1. The number of carbonyl (C=O) groups excluding carboxylic acids is 1. The summed E-state index contributed by atoms with van der Waals surface area (Å²) < 4.78 is 1.93. The van der Waals surface area contributed by atoms with Gasteiger partial charge in [0.15, 0.2) is 0 Å². The number of hydrogen-bond donors (Lipinski definition) is 1. The first-order valence-corrected chi connectivity index (χ1v) is 6.69. The van der Waals surface area contributed by atoms with Crippen LogP contribution < -0.4 is 5.32 Å². The molecule has 1 aromatic rings. The summed E-state index contributed by atoms with van der Waals surface area (Å²) in [5.41, 5.74) is 0.183. The van der Waals surface area contributed by atoms with Crippen LogP contribution in [0.15, 0.2) is 0 Å². The molecule has 5 nitrogen and oxygen atoms in total. The van der Waals surface area contributed by atoms with Crippen LogP contribution in [0.3, 0.4) is 0 Å². The fourth-order valence-corrected chi connectivity index (χ4v) is 2.79. The normalized spacial score (nSPS) is 28.6. The Morgan fingerprint density at radius 1 is 1.50 bits per heavy atom. The summed E-state index contributed by atoms with van der Waals surface area (Å²) in [6.07, 6.45) is 3.02. The first-order valence-electron chi connectivity index (χ1n) is 6.69. The van der Waals surface area contributed by atoms with Crippen LogP contribution >= 0.6 is 0 Å². The van der Waals surface area contributed by atoms with Crippen molar-refractivity contribution in [3.63, 3.8) is 0 Å². The summed E-state index contributed by atoms with van der Waals surface area (Å²) in [6.45, 7) is 7.10. The van der Waals surface area contributed by atoms with Crippen molar-refractivity contribution in [1.82, 2.24) is 20.1 Å². The van der Waals surface area contributed by atoms with E-state index in [0.717, 1.165) is 37.5 Å². The number of hydrogen-bond acceptors (Lipinski definition) is 3. The molecule has 1 aliphatic carbocycles. The average molecular weight is 248 g/mol. The Balaban J connectivity index is 1.73. The van der Waals surface area contributed by atoms with E-state index in [-0.39, 0.29) is 23.3 Å². The van der Waals surface area contributed by atoms with E-state index in [0.29, 0.717) is 0 Å². The Labute approximate surface area is 107 Å². The second-order valence-corrected chi connectivity index (χ2v) is 6.19. The topological polar surface area (TPSA) is 59.8 Å². The summed E-state index contributed by atoms with van der Waals surface area (Å²) >= 11 is 0. The quantitative estimate of drug-likeness (QED) is 0.864. The molecule has 1 unspecified atom stereocenters. The van der Waals surface area contributed by atoms with Crippen molar-refractivity contribution < 1.29 is 4.79 Å². The highest BCUT2D eigenvalue weighted by Gasteiger charge is 2.51. The Morgan fingerprint density at radius 3 is 2.89 bits per heavy atom. The number of aromatic nitrogens is 3. The molecule has 2 aliphatic rings. The van der Waals surface area contributed by atoms with Gasteiger partial charge in [-0.2, -0.15) is 5.10 Å². The third-order valence-corrected chi connectivity index (χ3v) is 4.13. The second-order valence-electron chi connectivity index (χ2n) is 6.19. The Hall–Kier alpha value is -1.39. The zero-order chi connectivity index (χ0) is 12.9. The van der Waals surface area contributed by atoms with Crippen LogP contribution in [0.5, 0.6) is 0 Å². The van der Waals surface area contributed by atoms with Crippen LogP contribution in [0.25, 0.3) is 0 Å². The standard InChI is InChI=1S/C13H20N4O/c1-8-14-11-10(5-4-6-17(11)16-8)15-12(18)9-7-13(9,2)3/h9-10H,4-7H2,1-3H3,(H,15,18)/t9-,10?/m1/s1. The molecule has 3 rings (SSSR count). The largest absolute Gasteiger partial charge is 0.346 e. The maximum atomic E-state index is 12.1. The van der Waals surface area contributed by atoms with Gasteiger partial charge in [-0.3, -0.25) is 4.79 Å². The fraction of sp³-hybridized carbons (Fsp3) is 0.769. The molecule has 1 N–H and O–H groups in total. The summed E-state index contributed by atoms with van der Waals surface area (Å²) in [5, 5.41) is 7.50. The van der Waals surface area contributed by atoms with Crippen molar-refractivity contribution in [2.45, 2.75) is 52.6 Å². The van der Waals surface area contributed by atoms with Gasteiger partial charge < -0.3 is 5.32 Å². The van der Waals surface area contributed by atoms with E-state index in [4.69, 9.17) is 0 Å². The molecule has 2 atom stereocenters. The molecular weight excluding hydrogens is 228 g/mol. The van der Waals surface area contributed by atoms with Crippen molar-refractivity contribution in [3.05, 3.63) is 11.6 Å². The number of carbonyl (C=O) groups is 1. The van der Waals surface area contributed by atoms with Crippen LogP contribution in [0, 0.1) is 18.3 Å². The lowest BCUT2D eigenvalue weighted by molar-refractivity contribution is -0.124. The molecule has 1 saturated carbocycles. The molecule has 1 amide bonds. The molecule has 0 radical (unpaired) electrons. The first kappa shape index (κ1) is 11.7. The fourth-order valence-electron chi connectivity index (χ4n) is 2.79. The lowest BCUT2D eigenvalue weighted by atomic mass is 10.1. The highest BCUT2D eigenvalue weighted by Crippen LogP contribution is 2.51. The molecule has 2 heterocycles. The van der Waals surface area contributed by atoms with Gasteiger partial charge in [0.25, 0.3) is 0 Å². The Bertz CT molecular complexity index is 491. The number of nitrogens with zero attached hydrogens (tertiary/aromatic N) is 3. The minimum atomic E-state index is 0.0452. The van der Waals surface area contributed by atoms with Crippen LogP contribution in [0.1, 0.15) is 50.8 Å². The molecule has 0 saturated heterocycles. The first-order chi connectivity index (χ1) is 8.47. The predicted octanol–water partition coefficient (Wildman–Crippen LogP) is 1.58. The van der Waals surface area contributed by atoms with Crippen LogP contribution in [0.2, 0.25) is 0 Å². The van der Waals surface area contributed by atoms with Gasteiger partial charge in [0, 0.05) is 12.5 Å². The summed E-state index contributed by atoms with van der Waals surface area (Å²) in [6, 6.07) is 0.0452. The monoisotopic (exact) mass is 248 g/mol. The summed E-state index contributed by atoms with van der Waals surface area (Å²) in [5.74, 6) is 2.07. The van der Waals surface area contributed by atoms with Crippen molar-refractivity contribution in [3.8, 4) is 0 Å². The SMILES string of the molecule is Cc1nc2n(n1)CCCC2NC(=O)[C@H]1CC1(C)C. The van der Waals surface area contributed by atoms with E-state index < -0.39 is 0 Å². The van der Waals surface area contributed by atoms with E-state index in [1.165, 1.54) is 0 Å². The predicted molar refractivity (Wildman–Crippen MR) is 66.8 cm³/mol. The van der Waals surface area contributed by atoms with Gasteiger partial charge in [-0.05, 0) is 31.6 Å². The molecule has 1 fully saturated rings. The molecule has 0 spiro atoms. The maximum absolute atomic E-state index is 12.1. The Morgan fingerprint density at radius 2 is 2.22 bits per heavy atom. The maximum Gasteiger partial charge on any atom is 0.224 e. The highest BCUT2D eigenvalue weighted by molar-refractivity contribution is 5.82. The lowest BCUT2D eigenvalue weighted by Crippen LogP contribution is -2.34. The van der Waals surface area contributed by atoms with E-state index in [9.17, 15) is 4.79 Å². The number of rotatable bonds is 2. The van der Waals surface area contributed by atoms with Crippen LogP contribution in [0.4, 0.5) is 0 Å². The van der Waals surface area contributed by atoms with Gasteiger partial charge in [-0.15, -0.1) is 0 Å². The van der Waals surface area contributed by atoms with E-state index in [2.05, 4.69) is 29.2 Å². The third-order valence-electron chi connectivity index (χ3n) is 4.13. The van der Waals surface area contributed by atoms with Crippen molar-refractivity contribution in [1.29, 1.82) is 0 Å². The van der Waals surface area contributed by atoms with Crippen LogP contribution in [-0.2, 0) is 11.3 Å². The van der Waals surface area contributed by atoms with Gasteiger partial charge in [-0.1, -0.05) is 13.8 Å². The van der Waals surface area contributed by atoms with Gasteiger partial charge in [0.05, 0.1) is 6.04 Å². The highest BCUT2D eigenvalue weighted by atomic mass is 16.2. The Kier molecular flexibility index (Phi) is 2.47. The molecule has 1 aromatic heterocycles. The number of aryl methyl sites for hydroxylation is 2. The second kappa shape index (κ2) is 3.80. The van der Waals surface area contributed by atoms with E-state index in [1.807, 2.05) is 11.6 Å². The van der Waals surface area contributed by atoms with Crippen molar-refractivity contribution >= 4 is 5.91 Å². The molecule has 5 heteroatoms. The molecule has 18 heavy (non-hydrogen) atoms. The molecule has 0 bridgehead atoms. The van der Waals surface area contributed by atoms with Crippen molar-refractivity contribution in [2.24, 2.45) is 11.3 Å². The minimum Gasteiger partial charge on any atom is -0.346 e. The van der Waals surface area contributed by atoms with E-state index in [1.54, 1.807) is 0 Å². The molecular formula is C13H20N4O. The van der Waals surface area contributed by atoms with E-state index >= 15 is 0 Å². The van der Waals surface area contributed by atoms with Gasteiger partial charge in [-0.25, -0.2) is 9.67 Å². The molecule has 0 aromatic carbocycles. The van der Waals surface area contributed by atoms with Gasteiger partial charge >= 0.3 is 0 Å². The number of amides is 1. The zero-order valence-corrected chi connectivity index (χ0v) is 11.2. The van der Waals surface area contributed by atoms with Gasteiger partial charge in [0.1, 0.15) is 11.6 Å². The summed E-state index contributed by atoms with van der Waals surface area (Å²) in [7, 11) is 0.